The molecule has 0 radical (unpaired) electrons. The van der Waals surface area contributed by atoms with Crippen LogP contribution in [0.4, 0.5) is 10.6 Å². The molecule has 240 valence electrons. The summed E-state index contributed by atoms with van der Waals surface area (Å²) < 4.78 is 7.92. The van der Waals surface area contributed by atoms with Crippen LogP contribution in [0, 0.1) is 16.7 Å². The molecule has 1 aliphatic rings. The van der Waals surface area contributed by atoms with Crippen molar-refractivity contribution in [3.05, 3.63) is 76.8 Å². The fourth-order valence-electron chi connectivity index (χ4n) is 5.00. The average Bonchev–Trinajstić information content (AvgIpc) is 2.98. The number of aromatic nitrogens is 3. The number of benzene rings is 1. The number of likely N-dealkylation sites (N-methyl/N-ethyl adjacent to an activating group) is 1. The Morgan fingerprint density at radius 2 is 1.80 bits per heavy atom. The quantitative estimate of drug-likeness (QED) is 0.175. The first-order valence-electron chi connectivity index (χ1n) is 15.2. The summed E-state index contributed by atoms with van der Waals surface area (Å²) in [6.45, 7) is 10.9. The maximum atomic E-state index is 13.3. The van der Waals surface area contributed by atoms with E-state index in [-0.39, 0.29) is 40.6 Å². The van der Waals surface area contributed by atoms with E-state index in [1.165, 1.54) is 4.57 Å². The third-order valence-corrected chi connectivity index (χ3v) is 7.53. The molecule has 12 nitrogen and oxygen atoms in total. The van der Waals surface area contributed by atoms with Crippen LogP contribution in [0.2, 0.25) is 0 Å². The summed E-state index contributed by atoms with van der Waals surface area (Å²) in [6.07, 6.45) is 2.70. The molecule has 0 saturated carbocycles. The maximum Gasteiger partial charge on any atom is 0.320 e. The van der Waals surface area contributed by atoms with Crippen LogP contribution in [0.25, 0.3) is 0 Å². The number of hydrogen-bond acceptors (Lipinski definition) is 8. The Bertz CT molecular complexity index is 1610. The van der Waals surface area contributed by atoms with Crippen molar-refractivity contribution in [2.45, 2.75) is 65.0 Å². The fraction of sp³-hybridized carbons (Fsp3) is 0.455. The zero-order valence-electron chi connectivity index (χ0n) is 27.2. The van der Waals surface area contributed by atoms with Crippen LogP contribution in [0.15, 0.2) is 48.7 Å². The van der Waals surface area contributed by atoms with Crippen molar-refractivity contribution in [2.75, 3.05) is 32.5 Å². The normalized spacial score (nSPS) is 16.2. The standard InChI is InChI=1S/C33H45N9O3/c1-20(2)29(35)42-19-21(12-15-27(42)34)45-25-14-13-24(22-10-8-9-11-23(22)25)37-32(44)40-28-18-26(33(3,4)5)38-30(39-28)31(43)36-16-17-41(6)7/h8-12,15,18-20,24-25,34-35H,13-14,16-17H2,1-7H3,(H,36,43)(H2,37,38,39,40,44). The number of rotatable bonds is 9. The van der Waals surface area contributed by atoms with Crippen molar-refractivity contribution < 1.29 is 14.3 Å². The van der Waals surface area contributed by atoms with Gasteiger partial charge in [-0.25, -0.2) is 14.8 Å². The lowest BCUT2D eigenvalue weighted by Gasteiger charge is -2.32. The molecule has 2 aromatic heterocycles. The Labute approximate surface area is 264 Å². The summed E-state index contributed by atoms with van der Waals surface area (Å²) in [5, 5.41) is 25.3. The van der Waals surface area contributed by atoms with Gasteiger partial charge in [0, 0.05) is 30.5 Å². The molecule has 1 aliphatic carbocycles. The number of carbonyl (C=O) groups is 2. The minimum Gasteiger partial charge on any atom is -0.484 e. The molecule has 0 aliphatic heterocycles. The summed E-state index contributed by atoms with van der Waals surface area (Å²) in [5.41, 5.74) is 2.39. The van der Waals surface area contributed by atoms with Gasteiger partial charge in [-0.1, -0.05) is 58.9 Å². The number of nitrogens with zero attached hydrogens (tertiary/aromatic N) is 4. The van der Waals surface area contributed by atoms with Crippen LogP contribution in [0.5, 0.6) is 5.75 Å². The van der Waals surface area contributed by atoms with Crippen molar-refractivity contribution in [2.24, 2.45) is 5.92 Å². The lowest BCUT2D eigenvalue weighted by Crippen LogP contribution is -2.36. The number of fused-ring (bicyclic) bond motifs is 1. The molecule has 2 unspecified atom stereocenters. The van der Waals surface area contributed by atoms with Crippen molar-refractivity contribution in [1.29, 1.82) is 10.8 Å². The summed E-state index contributed by atoms with van der Waals surface area (Å²) in [6, 6.07) is 12.2. The summed E-state index contributed by atoms with van der Waals surface area (Å²) in [5.74, 6) is 0.696. The average molecular weight is 616 g/mol. The van der Waals surface area contributed by atoms with E-state index in [1.54, 1.807) is 24.4 Å². The number of ether oxygens (including phenoxy) is 1. The second kappa shape index (κ2) is 14.0. The van der Waals surface area contributed by atoms with E-state index in [1.807, 2.05) is 77.9 Å². The van der Waals surface area contributed by atoms with Gasteiger partial charge in [-0.2, -0.15) is 0 Å². The van der Waals surface area contributed by atoms with Crippen LogP contribution in [-0.2, 0) is 5.41 Å². The van der Waals surface area contributed by atoms with E-state index in [9.17, 15) is 9.59 Å². The second-order valence-electron chi connectivity index (χ2n) is 12.9. The molecule has 0 spiro atoms. The number of amides is 3. The van der Waals surface area contributed by atoms with Crippen LogP contribution in [0.1, 0.15) is 87.0 Å². The van der Waals surface area contributed by atoms with E-state index in [0.29, 0.717) is 43.2 Å². The molecule has 0 fully saturated rings. The molecule has 3 aromatic rings. The number of pyridine rings is 1. The Hall–Kier alpha value is -4.58. The minimum atomic E-state index is -0.439. The van der Waals surface area contributed by atoms with Gasteiger partial charge in [0.1, 0.15) is 29.0 Å². The van der Waals surface area contributed by atoms with Gasteiger partial charge in [0.05, 0.1) is 17.9 Å². The van der Waals surface area contributed by atoms with Gasteiger partial charge in [0.2, 0.25) is 5.82 Å². The van der Waals surface area contributed by atoms with Crippen molar-refractivity contribution >= 4 is 23.6 Å². The van der Waals surface area contributed by atoms with E-state index >= 15 is 0 Å². The summed E-state index contributed by atoms with van der Waals surface area (Å²) in [4.78, 5) is 36.9. The van der Waals surface area contributed by atoms with E-state index in [0.717, 1.165) is 11.1 Å². The van der Waals surface area contributed by atoms with Crippen LogP contribution < -0.4 is 26.2 Å². The zero-order chi connectivity index (χ0) is 32.9. The zero-order valence-corrected chi connectivity index (χ0v) is 27.2. The molecular weight excluding hydrogens is 570 g/mol. The van der Waals surface area contributed by atoms with Gasteiger partial charge >= 0.3 is 6.03 Å². The molecule has 4 rings (SSSR count). The molecule has 1 aromatic carbocycles. The smallest absolute Gasteiger partial charge is 0.320 e. The SMILES string of the molecule is CC(C)C(=N)n1cc(OC2CCC(NC(=O)Nc3cc(C(C)(C)C)nc(C(=O)NCCN(C)C)n3)c3ccccc32)ccc1=N. The third kappa shape index (κ3) is 8.53. The number of hydrogen-bond donors (Lipinski definition) is 5. The van der Waals surface area contributed by atoms with Crippen LogP contribution >= 0.6 is 0 Å². The molecule has 5 N–H and O–H groups in total. The number of anilines is 1. The molecule has 12 heteroatoms. The van der Waals surface area contributed by atoms with Crippen LogP contribution in [0.3, 0.4) is 0 Å². The predicted octanol–water partition coefficient (Wildman–Crippen LogP) is 4.60. The Kier molecular flexibility index (Phi) is 10.4. The molecule has 3 amide bonds. The lowest BCUT2D eigenvalue weighted by atomic mass is 9.85. The largest absolute Gasteiger partial charge is 0.484 e. The first-order valence-corrected chi connectivity index (χ1v) is 15.2. The first-order chi connectivity index (χ1) is 21.2. The van der Waals surface area contributed by atoms with E-state index in [4.69, 9.17) is 15.6 Å². The predicted molar refractivity (Wildman–Crippen MR) is 174 cm³/mol. The Balaban J connectivity index is 1.50. The highest BCUT2D eigenvalue weighted by Crippen LogP contribution is 2.38. The highest BCUT2D eigenvalue weighted by atomic mass is 16.5. The molecule has 2 atom stereocenters. The number of nitrogens with one attached hydrogen (secondary N) is 5. The van der Waals surface area contributed by atoms with Crippen LogP contribution in [-0.4, -0.2) is 64.4 Å². The van der Waals surface area contributed by atoms with Gasteiger partial charge in [-0.15, -0.1) is 0 Å². The van der Waals surface area contributed by atoms with Gasteiger partial charge in [0.15, 0.2) is 0 Å². The van der Waals surface area contributed by atoms with Gasteiger partial charge in [-0.05, 0) is 50.2 Å². The Morgan fingerprint density at radius 1 is 1.09 bits per heavy atom. The highest BCUT2D eigenvalue weighted by Gasteiger charge is 2.30. The summed E-state index contributed by atoms with van der Waals surface area (Å²) >= 11 is 0. The fourth-order valence-corrected chi connectivity index (χ4v) is 5.00. The molecular formula is C33H45N9O3. The number of urea groups is 1. The lowest BCUT2D eigenvalue weighted by molar-refractivity contribution is 0.0940. The van der Waals surface area contributed by atoms with Crippen molar-refractivity contribution in [3.8, 4) is 5.75 Å². The first kappa shape index (κ1) is 33.3. The molecule has 45 heavy (non-hydrogen) atoms. The topological polar surface area (TPSA) is 161 Å². The van der Waals surface area contributed by atoms with E-state index in [2.05, 4.69) is 25.9 Å². The molecule has 0 saturated heterocycles. The second-order valence-corrected chi connectivity index (χ2v) is 12.9. The Morgan fingerprint density at radius 3 is 2.47 bits per heavy atom. The van der Waals surface area contributed by atoms with Gasteiger partial charge in [0.25, 0.3) is 5.91 Å². The van der Waals surface area contributed by atoms with Crippen molar-refractivity contribution in [3.63, 3.8) is 0 Å². The van der Waals surface area contributed by atoms with Gasteiger partial charge in [-0.3, -0.25) is 25.5 Å². The highest BCUT2D eigenvalue weighted by molar-refractivity contribution is 5.92. The van der Waals surface area contributed by atoms with Crippen molar-refractivity contribution in [1.82, 2.24) is 30.1 Å². The van der Waals surface area contributed by atoms with E-state index < -0.39 is 11.9 Å². The monoisotopic (exact) mass is 615 g/mol. The minimum absolute atomic E-state index is 0.00258. The van der Waals surface area contributed by atoms with Gasteiger partial charge < -0.3 is 20.3 Å². The third-order valence-electron chi connectivity index (χ3n) is 7.53. The maximum absolute atomic E-state index is 13.3. The summed E-state index contributed by atoms with van der Waals surface area (Å²) in [7, 11) is 3.85. The number of carbonyl (C=O) groups excluding carboxylic acids is 2. The molecule has 0 bridgehead atoms. The molecule has 2 heterocycles.